The smallest absolute Gasteiger partial charge is 0.264 e. The molecule has 120 valence electrons. The van der Waals surface area contributed by atoms with Crippen molar-refractivity contribution in [2.75, 3.05) is 11.0 Å². The Kier molecular flexibility index (Phi) is 4.59. The Hall–Kier alpha value is -1.22. The third kappa shape index (κ3) is 3.35. The number of nitrogens with zero attached hydrogens (tertiary/aromatic N) is 1. The van der Waals surface area contributed by atoms with Crippen LogP contribution in [0.25, 0.3) is 11.0 Å². The van der Waals surface area contributed by atoms with Crippen LogP contribution < -0.4 is 4.72 Å². The number of benzene rings is 1. The van der Waals surface area contributed by atoms with Crippen molar-refractivity contribution in [2.45, 2.75) is 9.79 Å². The van der Waals surface area contributed by atoms with E-state index in [1.165, 1.54) is 18.0 Å². The van der Waals surface area contributed by atoms with E-state index in [1.807, 2.05) is 6.26 Å². The molecular weight excluding hydrogens is 422 g/mol. The predicted molar refractivity (Wildman–Crippen MR) is 97.8 cm³/mol. The molecule has 2 heterocycles. The maximum atomic E-state index is 12.7. The number of anilines is 1. The van der Waals surface area contributed by atoms with Crippen LogP contribution in [0.5, 0.6) is 0 Å². The highest BCUT2D eigenvalue weighted by atomic mass is 79.9. The molecule has 0 aliphatic heterocycles. The fourth-order valence-electron chi connectivity index (χ4n) is 2.14. The molecule has 23 heavy (non-hydrogen) atoms. The average molecular weight is 433 g/mol. The van der Waals surface area contributed by atoms with Gasteiger partial charge in [-0.1, -0.05) is 11.6 Å². The average Bonchev–Trinajstić information content (AvgIpc) is 2.91. The lowest BCUT2D eigenvalue weighted by Crippen LogP contribution is -2.13. The van der Waals surface area contributed by atoms with Gasteiger partial charge < -0.3 is 4.98 Å². The number of hydrogen-bond acceptors (Lipinski definition) is 4. The van der Waals surface area contributed by atoms with E-state index < -0.39 is 10.0 Å². The molecule has 0 saturated heterocycles. The highest BCUT2D eigenvalue weighted by Crippen LogP contribution is 2.32. The number of H-pyrrole nitrogens is 1. The van der Waals surface area contributed by atoms with E-state index in [0.29, 0.717) is 26.2 Å². The van der Waals surface area contributed by atoms with E-state index in [4.69, 9.17) is 11.6 Å². The molecule has 0 unspecified atom stereocenters. The first-order valence-electron chi connectivity index (χ1n) is 6.40. The summed E-state index contributed by atoms with van der Waals surface area (Å²) in [5.41, 5.74) is 0.951. The normalized spacial score (nSPS) is 11.8. The van der Waals surface area contributed by atoms with Crippen LogP contribution in [0, 0.1) is 0 Å². The summed E-state index contributed by atoms with van der Waals surface area (Å²) >= 11 is 10.7. The standard InChI is InChI=1S/C14H11BrClN3O2S2/c1-22-12-3-2-9(16)5-11(12)19-23(20,21)13-7-18-14-10(13)4-8(15)6-17-14/h2-7,19H,1H3,(H,17,18). The molecule has 5 nitrogen and oxygen atoms in total. The molecule has 2 N–H and O–H groups in total. The molecule has 0 spiro atoms. The van der Waals surface area contributed by atoms with Gasteiger partial charge in [0.1, 0.15) is 10.5 Å². The van der Waals surface area contributed by atoms with Gasteiger partial charge in [-0.2, -0.15) is 0 Å². The van der Waals surface area contributed by atoms with Crippen molar-refractivity contribution in [3.05, 3.63) is 46.2 Å². The second kappa shape index (κ2) is 6.35. The van der Waals surface area contributed by atoms with Crippen molar-refractivity contribution >= 4 is 66.0 Å². The van der Waals surface area contributed by atoms with Crippen LogP contribution >= 0.6 is 39.3 Å². The number of thioether (sulfide) groups is 1. The lowest BCUT2D eigenvalue weighted by molar-refractivity contribution is 0.602. The fraction of sp³-hybridized carbons (Fsp3) is 0.0714. The summed E-state index contributed by atoms with van der Waals surface area (Å²) in [5, 5.41) is 0.975. The second-order valence-electron chi connectivity index (χ2n) is 4.65. The van der Waals surface area contributed by atoms with Gasteiger partial charge in [0.15, 0.2) is 0 Å². The van der Waals surface area contributed by atoms with Crippen molar-refractivity contribution in [1.29, 1.82) is 0 Å². The van der Waals surface area contributed by atoms with Crippen LogP contribution in [0.15, 0.2) is 50.9 Å². The van der Waals surface area contributed by atoms with E-state index in [2.05, 4.69) is 30.6 Å². The largest absolute Gasteiger partial charge is 0.345 e. The minimum atomic E-state index is -3.78. The van der Waals surface area contributed by atoms with Gasteiger partial charge in [0.05, 0.1) is 5.69 Å². The number of aromatic nitrogens is 2. The molecule has 9 heteroatoms. The Balaban J connectivity index is 2.08. The van der Waals surface area contributed by atoms with Crippen LogP contribution in [0.4, 0.5) is 5.69 Å². The lowest BCUT2D eigenvalue weighted by Gasteiger charge is -2.11. The molecule has 3 aromatic rings. The van der Waals surface area contributed by atoms with Crippen LogP contribution in [0.1, 0.15) is 0 Å². The summed E-state index contributed by atoms with van der Waals surface area (Å²) < 4.78 is 28.8. The van der Waals surface area contributed by atoms with E-state index >= 15 is 0 Å². The van der Waals surface area contributed by atoms with Gasteiger partial charge >= 0.3 is 0 Å². The van der Waals surface area contributed by atoms with Crippen LogP contribution in [0.3, 0.4) is 0 Å². The van der Waals surface area contributed by atoms with Crippen LogP contribution in [-0.4, -0.2) is 24.6 Å². The maximum Gasteiger partial charge on any atom is 0.264 e. The molecule has 0 fully saturated rings. The summed E-state index contributed by atoms with van der Waals surface area (Å²) in [5.74, 6) is 0. The number of aromatic amines is 1. The number of nitrogens with one attached hydrogen (secondary N) is 2. The summed E-state index contributed by atoms with van der Waals surface area (Å²) in [6.07, 6.45) is 4.90. The number of halogens is 2. The molecule has 0 atom stereocenters. The summed E-state index contributed by atoms with van der Waals surface area (Å²) in [7, 11) is -3.78. The van der Waals surface area contributed by atoms with Gasteiger partial charge in [0.25, 0.3) is 10.0 Å². The number of fused-ring (bicyclic) bond motifs is 1. The molecular formula is C14H11BrClN3O2S2. The highest BCUT2D eigenvalue weighted by molar-refractivity contribution is 9.10. The predicted octanol–water partition coefficient (Wildman–Crippen LogP) is 4.50. The molecule has 0 radical (unpaired) electrons. The molecule has 1 aromatic carbocycles. The highest BCUT2D eigenvalue weighted by Gasteiger charge is 2.21. The molecule has 0 amide bonds. The van der Waals surface area contributed by atoms with Gasteiger partial charge in [-0.05, 0) is 46.5 Å². The van der Waals surface area contributed by atoms with Crippen molar-refractivity contribution in [3.63, 3.8) is 0 Å². The maximum absolute atomic E-state index is 12.7. The van der Waals surface area contributed by atoms with Crippen molar-refractivity contribution < 1.29 is 8.42 Å². The molecule has 0 aliphatic carbocycles. The number of hydrogen-bond donors (Lipinski definition) is 2. The van der Waals surface area contributed by atoms with E-state index in [-0.39, 0.29) is 4.90 Å². The molecule has 0 saturated carbocycles. The third-order valence-corrected chi connectivity index (χ3v) is 6.03. The third-order valence-electron chi connectivity index (χ3n) is 3.16. The van der Waals surface area contributed by atoms with E-state index in [1.54, 1.807) is 30.5 Å². The quantitative estimate of drug-likeness (QED) is 0.595. The van der Waals surface area contributed by atoms with E-state index in [9.17, 15) is 8.42 Å². The van der Waals surface area contributed by atoms with Crippen molar-refractivity contribution in [1.82, 2.24) is 9.97 Å². The van der Waals surface area contributed by atoms with Gasteiger partial charge in [-0.25, -0.2) is 13.4 Å². The van der Waals surface area contributed by atoms with Gasteiger partial charge in [-0.3, -0.25) is 4.72 Å². The topological polar surface area (TPSA) is 74.8 Å². The van der Waals surface area contributed by atoms with E-state index in [0.717, 1.165) is 4.90 Å². The van der Waals surface area contributed by atoms with Crippen molar-refractivity contribution in [3.8, 4) is 0 Å². The second-order valence-corrected chi connectivity index (χ2v) is 8.50. The Labute approximate surface area is 151 Å². The SMILES string of the molecule is CSc1ccc(Cl)cc1NS(=O)(=O)c1c[nH]c2ncc(Br)cc12. The summed E-state index contributed by atoms with van der Waals surface area (Å²) in [6.45, 7) is 0. The first-order chi connectivity index (χ1) is 10.9. The first-order valence-corrected chi connectivity index (χ1v) is 10.3. The van der Waals surface area contributed by atoms with Crippen LogP contribution in [0.2, 0.25) is 5.02 Å². The minimum Gasteiger partial charge on any atom is -0.345 e. The molecule has 0 aliphatic rings. The number of sulfonamides is 1. The summed E-state index contributed by atoms with van der Waals surface area (Å²) in [6, 6.07) is 6.80. The minimum absolute atomic E-state index is 0.133. The molecule has 0 bridgehead atoms. The first kappa shape index (κ1) is 16.6. The zero-order chi connectivity index (χ0) is 16.6. The van der Waals surface area contributed by atoms with Gasteiger partial charge in [0.2, 0.25) is 0 Å². The molecule has 3 rings (SSSR count). The zero-order valence-electron chi connectivity index (χ0n) is 11.8. The number of pyridine rings is 1. The molecule has 2 aromatic heterocycles. The summed E-state index contributed by atoms with van der Waals surface area (Å²) in [4.78, 5) is 7.94. The Morgan fingerprint density at radius 2 is 2.13 bits per heavy atom. The Morgan fingerprint density at radius 1 is 1.35 bits per heavy atom. The Morgan fingerprint density at radius 3 is 2.87 bits per heavy atom. The lowest BCUT2D eigenvalue weighted by atomic mass is 10.3. The zero-order valence-corrected chi connectivity index (χ0v) is 15.8. The van der Waals surface area contributed by atoms with Crippen molar-refractivity contribution in [2.24, 2.45) is 0 Å². The Bertz CT molecular complexity index is 989. The van der Waals surface area contributed by atoms with Gasteiger partial charge in [-0.15, -0.1) is 11.8 Å². The fourth-order valence-corrected chi connectivity index (χ4v) is 4.47. The van der Waals surface area contributed by atoms with Gasteiger partial charge in [0, 0.05) is 32.2 Å². The monoisotopic (exact) mass is 431 g/mol. The van der Waals surface area contributed by atoms with Crippen LogP contribution in [-0.2, 0) is 10.0 Å². The number of rotatable bonds is 4.